The lowest BCUT2D eigenvalue weighted by Gasteiger charge is -2.29. The highest BCUT2D eigenvalue weighted by molar-refractivity contribution is 5.63. The molecule has 1 saturated heterocycles. The van der Waals surface area contributed by atoms with Crippen LogP contribution in [0.2, 0.25) is 0 Å². The summed E-state index contributed by atoms with van der Waals surface area (Å²) in [7, 11) is 0. The van der Waals surface area contributed by atoms with E-state index >= 15 is 0 Å². The van der Waals surface area contributed by atoms with Crippen LogP contribution in [0.3, 0.4) is 0 Å². The minimum atomic E-state index is 0.738. The smallest absolute Gasteiger partial charge is 0.0469 e. The van der Waals surface area contributed by atoms with Crippen molar-refractivity contribution >= 4 is 5.69 Å². The molecule has 1 aromatic rings. The zero-order chi connectivity index (χ0) is 13.1. The first-order chi connectivity index (χ1) is 9.38. The van der Waals surface area contributed by atoms with Gasteiger partial charge in [0.25, 0.3) is 0 Å². The van der Waals surface area contributed by atoms with Gasteiger partial charge in [-0.3, -0.25) is 0 Å². The van der Waals surface area contributed by atoms with Gasteiger partial charge in [-0.05, 0) is 49.3 Å². The average molecular weight is 260 g/mol. The molecule has 3 nitrogen and oxygen atoms in total. The SMILES string of the molecule is NCCc1cccc2c1N(CC1CCOCC1)CC2. The first-order valence-corrected chi connectivity index (χ1v) is 7.52. The molecule has 0 radical (unpaired) electrons. The molecular weight excluding hydrogens is 236 g/mol. The number of fused-ring (bicyclic) bond motifs is 1. The van der Waals surface area contributed by atoms with Crippen LogP contribution in [0.5, 0.6) is 0 Å². The molecule has 2 aliphatic heterocycles. The Bertz CT molecular complexity index is 427. The maximum Gasteiger partial charge on any atom is 0.0469 e. The van der Waals surface area contributed by atoms with Crippen molar-refractivity contribution in [3.05, 3.63) is 29.3 Å². The van der Waals surface area contributed by atoms with E-state index in [9.17, 15) is 0 Å². The van der Waals surface area contributed by atoms with Gasteiger partial charge in [-0.2, -0.15) is 0 Å². The summed E-state index contributed by atoms with van der Waals surface area (Å²) in [5.41, 5.74) is 10.2. The number of nitrogens with two attached hydrogens (primary N) is 1. The summed E-state index contributed by atoms with van der Waals surface area (Å²) in [5.74, 6) is 0.797. The fourth-order valence-electron chi connectivity index (χ4n) is 3.40. The van der Waals surface area contributed by atoms with Crippen LogP contribution in [0.4, 0.5) is 5.69 Å². The fourth-order valence-corrected chi connectivity index (χ4v) is 3.40. The van der Waals surface area contributed by atoms with Crippen LogP contribution in [0.1, 0.15) is 24.0 Å². The van der Waals surface area contributed by atoms with E-state index in [1.807, 2.05) is 0 Å². The van der Waals surface area contributed by atoms with Gasteiger partial charge in [-0.1, -0.05) is 18.2 Å². The van der Waals surface area contributed by atoms with Crippen LogP contribution in [0, 0.1) is 5.92 Å². The molecule has 0 spiro atoms. The summed E-state index contributed by atoms with van der Waals surface area (Å²) in [6.07, 6.45) is 4.61. The minimum Gasteiger partial charge on any atom is -0.381 e. The van der Waals surface area contributed by atoms with Crippen LogP contribution < -0.4 is 10.6 Å². The van der Waals surface area contributed by atoms with Crippen LogP contribution in [-0.4, -0.2) is 32.8 Å². The second-order valence-electron chi connectivity index (χ2n) is 5.72. The van der Waals surface area contributed by atoms with Crippen molar-refractivity contribution in [1.82, 2.24) is 0 Å². The summed E-state index contributed by atoms with van der Waals surface area (Å²) < 4.78 is 5.46. The van der Waals surface area contributed by atoms with Crippen molar-refractivity contribution in [2.75, 3.05) is 37.7 Å². The Morgan fingerprint density at radius 1 is 1.26 bits per heavy atom. The lowest BCUT2D eigenvalue weighted by molar-refractivity contribution is 0.0683. The van der Waals surface area contributed by atoms with E-state index in [0.717, 1.165) is 32.1 Å². The predicted octanol–water partition coefficient (Wildman–Crippen LogP) is 1.98. The number of para-hydroxylation sites is 1. The average Bonchev–Trinajstić information content (AvgIpc) is 2.85. The topological polar surface area (TPSA) is 38.5 Å². The largest absolute Gasteiger partial charge is 0.381 e. The molecule has 0 atom stereocenters. The van der Waals surface area contributed by atoms with E-state index in [0.29, 0.717) is 0 Å². The van der Waals surface area contributed by atoms with Gasteiger partial charge in [0.15, 0.2) is 0 Å². The summed E-state index contributed by atoms with van der Waals surface area (Å²) in [6, 6.07) is 6.70. The molecule has 0 amide bonds. The van der Waals surface area contributed by atoms with E-state index in [1.54, 1.807) is 0 Å². The Morgan fingerprint density at radius 3 is 2.89 bits per heavy atom. The molecule has 0 saturated carbocycles. The number of hydrogen-bond acceptors (Lipinski definition) is 3. The molecule has 2 N–H and O–H groups in total. The molecule has 3 heteroatoms. The van der Waals surface area contributed by atoms with Gasteiger partial charge in [-0.15, -0.1) is 0 Å². The van der Waals surface area contributed by atoms with Gasteiger partial charge in [-0.25, -0.2) is 0 Å². The zero-order valence-electron chi connectivity index (χ0n) is 11.6. The Labute approximate surface area is 115 Å². The third kappa shape index (κ3) is 2.77. The summed E-state index contributed by atoms with van der Waals surface area (Å²) in [5, 5.41) is 0. The first kappa shape index (κ1) is 12.9. The maximum absolute atomic E-state index is 5.75. The molecule has 19 heavy (non-hydrogen) atoms. The predicted molar refractivity (Wildman–Crippen MR) is 78.7 cm³/mol. The Morgan fingerprint density at radius 2 is 2.11 bits per heavy atom. The maximum atomic E-state index is 5.75. The highest BCUT2D eigenvalue weighted by Gasteiger charge is 2.25. The van der Waals surface area contributed by atoms with Crippen molar-refractivity contribution in [1.29, 1.82) is 0 Å². The molecule has 1 fully saturated rings. The second kappa shape index (κ2) is 5.93. The van der Waals surface area contributed by atoms with Gasteiger partial charge in [0.05, 0.1) is 0 Å². The van der Waals surface area contributed by atoms with Crippen molar-refractivity contribution in [3.8, 4) is 0 Å². The van der Waals surface area contributed by atoms with Gasteiger partial charge in [0.2, 0.25) is 0 Å². The van der Waals surface area contributed by atoms with E-state index in [4.69, 9.17) is 10.5 Å². The number of ether oxygens (including phenoxy) is 1. The highest BCUT2D eigenvalue weighted by Crippen LogP contribution is 2.33. The van der Waals surface area contributed by atoms with E-state index in [-0.39, 0.29) is 0 Å². The lowest BCUT2D eigenvalue weighted by Crippen LogP contribution is -2.31. The molecule has 104 valence electrons. The molecule has 0 unspecified atom stereocenters. The number of nitrogens with zero attached hydrogens (tertiary/aromatic N) is 1. The van der Waals surface area contributed by atoms with Crippen LogP contribution in [-0.2, 0) is 17.6 Å². The molecule has 2 heterocycles. The molecule has 0 aromatic heterocycles. The molecule has 1 aromatic carbocycles. The van der Waals surface area contributed by atoms with Gasteiger partial charge >= 0.3 is 0 Å². The number of anilines is 1. The summed E-state index contributed by atoms with van der Waals surface area (Å²) in [4.78, 5) is 2.59. The van der Waals surface area contributed by atoms with E-state index in [1.165, 1.54) is 49.2 Å². The normalized spacial score (nSPS) is 19.7. The van der Waals surface area contributed by atoms with Gasteiger partial charge in [0.1, 0.15) is 0 Å². The van der Waals surface area contributed by atoms with Crippen LogP contribution in [0.25, 0.3) is 0 Å². The van der Waals surface area contributed by atoms with Gasteiger partial charge < -0.3 is 15.4 Å². The van der Waals surface area contributed by atoms with Crippen molar-refractivity contribution in [3.63, 3.8) is 0 Å². The minimum absolute atomic E-state index is 0.738. The third-order valence-electron chi connectivity index (χ3n) is 4.40. The molecule has 0 aliphatic carbocycles. The highest BCUT2D eigenvalue weighted by atomic mass is 16.5. The quantitative estimate of drug-likeness (QED) is 0.899. The monoisotopic (exact) mass is 260 g/mol. The van der Waals surface area contributed by atoms with Crippen molar-refractivity contribution < 1.29 is 4.74 Å². The Kier molecular flexibility index (Phi) is 4.04. The van der Waals surface area contributed by atoms with Crippen molar-refractivity contribution in [2.45, 2.75) is 25.7 Å². The number of benzene rings is 1. The summed E-state index contributed by atoms with van der Waals surface area (Å²) in [6.45, 7) is 4.99. The van der Waals surface area contributed by atoms with Crippen molar-refractivity contribution in [2.24, 2.45) is 11.7 Å². The standard InChI is InChI=1S/C16H24N2O/c17-8-4-14-2-1-3-15-5-9-18(16(14)15)12-13-6-10-19-11-7-13/h1-3,13H,4-12,17H2. The second-order valence-corrected chi connectivity index (χ2v) is 5.72. The van der Waals surface area contributed by atoms with E-state index in [2.05, 4.69) is 23.1 Å². The number of rotatable bonds is 4. The van der Waals surface area contributed by atoms with E-state index < -0.39 is 0 Å². The van der Waals surface area contributed by atoms with Crippen LogP contribution in [0.15, 0.2) is 18.2 Å². The van der Waals surface area contributed by atoms with Gasteiger partial charge in [0, 0.05) is 32.0 Å². The summed E-state index contributed by atoms with van der Waals surface area (Å²) >= 11 is 0. The molecule has 0 bridgehead atoms. The molecule has 3 rings (SSSR count). The number of hydrogen-bond donors (Lipinski definition) is 1. The Hall–Kier alpha value is -1.06. The lowest BCUT2D eigenvalue weighted by atomic mass is 9.99. The fraction of sp³-hybridized carbons (Fsp3) is 0.625. The first-order valence-electron chi connectivity index (χ1n) is 7.52. The molecular formula is C16H24N2O. The third-order valence-corrected chi connectivity index (χ3v) is 4.40. The zero-order valence-corrected chi connectivity index (χ0v) is 11.6. The molecule has 2 aliphatic rings. The Balaban J connectivity index is 1.76. The van der Waals surface area contributed by atoms with Crippen LogP contribution >= 0.6 is 0 Å².